The van der Waals surface area contributed by atoms with E-state index >= 15 is 0 Å². The Morgan fingerprint density at radius 3 is 2.81 bits per heavy atom. The summed E-state index contributed by atoms with van der Waals surface area (Å²) in [6.45, 7) is 2.19. The fraction of sp³-hybridized carbons (Fsp3) is 0.308. The second kappa shape index (κ2) is 5.23. The van der Waals surface area contributed by atoms with E-state index in [1.165, 1.54) is 15.3 Å². The number of hydrogen-bond acceptors (Lipinski definition) is 3. The summed E-state index contributed by atoms with van der Waals surface area (Å²) < 4.78 is 0. The van der Waals surface area contributed by atoms with Crippen LogP contribution < -0.4 is 5.32 Å². The normalized spacial score (nSPS) is 12.6. The summed E-state index contributed by atoms with van der Waals surface area (Å²) in [7, 11) is 1.99. The molecule has 3 heteroatoms. The van der Waals surface area contributed by atoms with E-state index in [1.807, 2.05) is 36.8 Å². The van der Waals surface area contributed by atoms with E-state index < -0.39 is 0 Å². The Balaban J connectivity index is 2.29. The van der Waals surface area contributed by atoms with Crippen molar-refractivity contribution in [2.24, 2.45) is 0 Å². The maximum Gasteiger partial charge on any atom is 0.0683 e. The van der Waals surface area contributed by atoms with Gasteiger partial charge in [0.25, 0.3) is 0 Å². The number of rotatable bonds is 4. The summed E-state index contributed by atoms with van der Waals surface area (Å²) in [5.41, 5.74) is 1.22. The molecule has 0 bridgehead atoms. The molecule has 2 nitrogen and oxygen atoms in total. The summed E-state index contributed by atoms with van der Waals surface area (Å²) >= 11 is 1.87. The monoisotopic (exact) mass is 232 g/mol. The Bertz CT molecular complexity index is 436. The minimum Gasteiger partial charge on any atom is -0.309 e. The van der Waals surface area contributed by atoms with Crippen molar-refractivity contribution in [1.29, 1.82) is 0 Å². The topological polar surface area (TPSA) is 24.9 Å². The fourth-order valence-electron chi connectivity index (χ4n) is 1.76. The van der Waals surface area contributed by atoms with Gasteiger partial charge < -0.3 is 5.32 Å². The van der Waals surface area contributed by atoms with E-state index in [-0.39, 0.29) is 6.04 Å². The molecule has 1 unspecified atom stereocenters. The van der Waals surface area contributed by atoms with E-state index in [9.17, 15) is 0 Å². The van der Waals surface area contributed by atoms with Gasteiger partial charge in [-0.25, -0.2) is 0 Å². The number of nitrogens with zero attached hydrogens (tertiary/aromatic N) is 1. The number of pyridine rings is 1. The average molecular weight is 232 g/mol. The molecule has 1 atom stereocenters. The third-order valence-corrected chi connectivity index (χ3v) is 3.92. The summed E-state index contributed by atoms with van der Waals surface area (Å²) in [5, 5.41) is 3.34. The number of nitrogens with one attached hydrogen (secondary N) is 1. The zero-order chi connectivity index (χ0) is 11.4. The lowest BCUT2D eigenvalue weighted by molar-refractivity contribution is 0.700. The lowest BCUT2D eigenvalue weighted by Gasteiger charge is -2.14. The van der Waals surface area contributed by atoms with Crippen LogP contribution in [0.1, 0.15) is 28.3 Å². The van der Waals surface area contributed by atoms with Crippen molar-refractivity contribution in [2.45, 2.75) is 19.4 Å². The zero-order valence-electron chi connectivity index (χ0n) is 9.60. The van der Waals surface area contributed by atoms with Gasteiger partial charge in [0.15, 0.2) is 0 Å². The lowest BCUT2D eigenvalue weighted by atomic mass is 10.1. The molecule has 0 saturated heterocycles. The molecule has 2 aromatic heterocycles. The Labute approximate surface area is 100 Å². The number of aryl methyl sites for hydroxylation is 1. The van der Waals surface area contributed by atoms with Crippen molar-refractivity contribution < 1.29 is 0 Å². The van der Waals surface area contributed by atoms with Crippen molar-refractivity contribution in [3.05, 3.63) is 52.0 Å². The van der Waals surface area contributed by atoms with Gasteiger partial charge >= 0.3 is 0 Å². The molecule has 0 aromatic carbocycles. The second-order valence-corrected chi connectivity index (χ2v) is 4.87. The van der Waals surface area contributed by atoms with Crippen LogP contribution in [-0.4, -0.2) is 12.0 Å². The lowest BCUT2D eigenvalue weighted by Crippen LogP contribution is -2.16. The molecule has 2 aromatic rings. The minimum absolute atomic E-state index is 0.263. The van der Waals surface area contributed by atoms with Gasteiger partial charge in [0.1, 0.15) is 0 Å². The number of hydrogen-bond donors (Lipinski definition) is 1. The molecule has 0 aliphatic heterocycles. The first-order chi connectivity index (χ1) is 7.85. The molecule has 0 aliphatic rings. The van der Waals surface area contributed by atoms with Crippen molar-refractivity contribution >= 4 is 11.3 Å². The summed E-state index contributed by atoms with van der Waals surface area (Å²) in [5.74, 6) is 0. The van der Waals surface area contributed by atoms with Gasteiger partial charge in [-0.3, -0.25) is 4.98 Å². The molecule has 0 fully saturated rings. The van der Waals surface area contributed by atoms with Crippen LogP contribution in [0.25, 0.3) is 0 Å². The van der Waals surface area contributed by atoms with Crippen LogP contribution in [0.15, 0.2) is 36.7 Å². The average Bonchev–Trinajstić information content (AvgIpc) is 2.80. The largest absolute Gasteiger partial charge is 0.309 e. The highest BCUT2D eigenvalue weighted by atomic mass is 32.1. The van der Waals surface area contributed by atoms with Gasteiger partial charge in [0.2, 0.25) is 0 Å². The van der Waals surface area contributed by atoms with Gasteiger partial charge in [-0.15, -0.1) is 11.3 Å². The summed E-state index contributed by atoms with van der Waals surface area (Å²) in [4.78, 5) is 6.95. The first-order valence-corrected chi connectivity index (χ1v) is 6.32. The molecule has 0 saturated carbocycles. The molecule has 0 spiro atoms. The van der Waals surface area contributed by atoms with Crippen molar-refractivity contribution in [1.82, 2.24) is 10.3 Å². The molecule has 2 rings (SSSR count). The maximum atomic E-state index is 4.17. The molecule has 1 N–H and O–H groups in total. The third-order valence-electron chi connectivity index (χ3n) is 2.62. The van der Waals surface area contributed by atoms with Crippen LogP contribution >= 0.6 is 11.3 Å². The summed E-state index contributed by atoms with van der Waals surface area (Å²) in [6.07, 6.45) is 4.84. The van der Waals surface area contributed by atoms with Gasteiger partial charge in [-0.1, -0.05) is 13.0 Å². The number of thiophene rings is 1. The summed E-state index contributed by atoms with van der Waals surface area (Å²) in [6, 6.07) is 8.77. The Hall–Kier alpha value is -1.19. The molecular formula is C13H16N2S. The Kier molecular flexibility index (Phi) is 3.70. The highest BCUT2D eigenvalue weighted by Crippen LogP contribution is 2.28. The minimum atomic E-state index is 0.263. The first-order valence-electron chi connectivity index (χ1n) is 5.51. The molecule has 84 valence electrons. The second-order valence-electron chi connectivity index (χ2n) is 3.67. The van der Waals surface area contributed by atoms with E-state index in [0.29, 0.717) is 0 Å². The van der Waals surface area contributed by atoms with Gasteiger partial charge in [0, 0.05) is 22.1 Å². The van der Waals surface area contributed by atoms with Crippen LogP contribution in [0.4, 0.5) is 0 Å². The van der Waals surface area contributed by atoms with E-state index in [0.717, 1.165) is 6.42 Å². The zero-order valence-corrected chi connectivity index (χ0v) is 10.4. The van der Waals surface area contributed by atoms with Crippen LogP contribution in [0.3, 0.4) is 0 Å². The fourth-order valence-corrected chi connectivity index (χ4v) is 2.85. The standard InChI is InChI=1S/C13H16N2S/c1-3-11-6-7-12(16-11)13(14-2)10-5-4-8-15-9-10/h4-9,13-14H,3H2,1-2H3. The highest BCUT2D eigenvalue weighted by molar-refractivity contribution is 7.12. The van der Waals surface area contributed by atoms with Crippen LogP contribution in [0, 0.1) is 0 Å². The molecule has 0 aliphatic carbocycles. The number of aromatic nitrogens is 1. The molecule has 0 amide bonds. The van der Waals surface area contributed by atoms with Crippen LogP contribution in [0.2, 0.25) is 0 Å². The van der Waals surface area contributed by atoms with Crippen LogP contribution in [-0.2, 0) is 6.42 Å². The predicted octanol–water partition coefficient (Wildman–Crippen LogP) is 3.01. The molecule has 0 radical (unpaired) electrons. The quantitative estimate of drug-likeness (QED) is 0.876. The third kappa shape index (κ3) is 2.31. The van der Waals surface area contributed by atoms with Gasteiger partial charge in [0.05, 0.1) is 6.04 Å². The first kappa shape index (κ1) is 11.3. The molecule has 16 heavy (non-hydrogen) atoms. The van der Waals surface area contributed by atoms with Gasteiger partial charge in [-0.2, -0.15) is 0 Å². The molecule has 2 heterocycles. The highest BCUT2D eigenvalue weighted by Gasteiger charge is 2.13. The molecular weight excluding hydrogens is 216 g/mol. The van der Waals surface area contributed by atoms with Crippen molar-refractivity contribution in [2.75, 3.05) is 7.05 Å². The predicted molar refractivity (Wildman–Crippen MR) is 68.8 cm³/mol. The van der Waals surface area contributed by atoms with E-state index in [4.69, 9.17) is 0 Å². The smallest absolute Gasteiger partial charge is 0.0683 e. The Morgan fingerprint density at radius 1 is 1.38 bits per heavy atom. The Morgan fingerprint density at radius 2 is 2.25 bits per heavy atom. The van der Waals surface area contributed by atoms with Crippen molar-refractivity contribution in [3.8, 4) is 0 Å². The van der Waals surface area contributed by atoms with Crippen LogP contribution in [0.5, 0.6) is 0 Å². The van der Waals surface area contributed by atoms with Gasteiger partial charge in [-0.05, 0) is 37.2 Å². The maximum absolute atomic E-state index is 4.17. The van der Waals surface area contributed by atoms with E-state index in [1.54, 1.807) is 0 Å². The van der Waals surface area contributed by atoms with E-state index in [2.05, 4.69) is 35.4 Å². The van der Waals surface area contributed by atoms with Crippen molar-refractivity contribution in [3.63, 3.8) is 0 Å². The SMILES string of the molecule is CCc1ccc(C(NC)c2cccnc2)s1.